The highest BCUT2D eigenvalue weighted by Gasteiger charge is 2.35. The third-order valence-electron chi connectivity index (χ3n) is 7.59. The average Bonchev–Trinajstić information content (AvgIpc) is 3.62. The molecule has 3 aliphatic rings. The van der Waals surface area contributed by atoms with Crippen LogP contribution in [0.4, 0.5) is 4.79 Å². The van der Waals surface area contributed by atoms with Crippen molar-refractivity contribution in [2.45, 2.75) is 50.5 Å². The molecule has 7 nitrogen and oxygen atoms in total. The second kappa shape index (κ2) is 10.1. The Labute approximate surface area is 205 Å². The molecule has 1 saturated heterocycles. The molecule has 2 aliphatic carbocycles. The fourth-order valence-corrected chi connectivity index (χ4v) is 5.52. The number of hydrogen-bond acceptors (Lipinski definition) is 4. The van der Waals surface area contributed by atoms with Crippen LogP contribution in [0.3, 0.4) is 0 Å². The molecule has 1 saturated carbocycles. The number of carbonyl (C=O) groups is 3. The predicted molar refractivity (Wildman–Crippen MR) is 131 cm³/mol. The van der Waals surface area contributed by atoms with Gasteiger partial charge in [-0.15, -0.1) is 0 Å². The molecule has 0 radical (unpaired) electrons. The number of aliphatic carboxylic acids is 1. The van der Waals surface area contributed by atoms with Crippen LogP contribution in [0.1, 0.15) is 55.6 Å². The minimum Gasteiger partial charge on any atom is -0.481 e. The lowest BCUT2D eigenvalue weighted by molar-refractivity contribution is -0.139. The standard InChI is InChI=1S/C28H32N2O5/c31-26(32)16-19-11-13-30(14-12-19)27(33)25(15-18-9-10-18)29-28(34)35-17-24-22-7-3-1-5-20(22)21-6-2-4-8-23(21)24/h1-8,18-19,24-25H,9-17H2,(H,29,34)(H,31,32)/t25-/m0/s1. The zero-order chi connectivity index (χ0) is 24.4. The van der Waals surface area contributed by atoms with Gasteiger partial charge < -0.3 is 20.1 Å². The minimum absolute atomic E-state index is 0.0287. The molecule has 1 heterocycles. The number of amides is 2. The molecule has 1 aliphatic heterocycles. The second-order valence-electron chi connectivity index (χ2n) is 10.1. The summed E-state index contributed by atoms with van der Waals surface area (Å²) in [4.78, 5) is 38.8. The Bertz CT molecular complexity index is 1060. The molecule has 1 atom stereocenters. The summed E-state index contributed by atoms with van der Waals surface area (Å²) < 4.78 is 5.68. The Hall–Kier alpha value is -3.35. The fraction of sp³-hybridized carbons (Fsp3) is 0.464. The van der Waals surface area contributed by atoms with Gasteiger partial charge in [-0.05, 0) is 53.4 Å². The normalized spacial score (nSPS) is 18.5. The number of rotatable bonds is 8. The van der Waals surface area contributed by atoms with E-state index in [9.17, 15) is 14.4 Å². The topological polar surface area (TPSA) is 95.9 Å². The first-order valence-corrected chi connectivity index (χ1v) is 12.6. The molecule has 2 aromatic rings. The van der Waals surface area contributed by atoms with Gasteiger partial charge in [-0.3, -0.25) is 9.59 Å². The Morgan fingerprint density at radius 3 is 2.09 bits per heavy atom. The summed E-state index contributed by atoms with van der Waals surface area (Å²) in [6.07, 6.45) is 3.72. The number of likely N-dealkylation sites (tertiary alicyclic amines) is 1. The number of ether oxygens (including phenoxy) is 1. The number of piperidine rings is 1. The van der Waals surface area contributed by atoms with Crippen LogP contribution in [0.25, 0.3) is 11.1 Å². The van der Waals surface area contributed by atoms with E-state index in [1.54, 1.807) is 4.90 Å². The Kier molecular flexibility index (Phi) is 6.75. The van der Waals surface area contributed by atoms with Crippen molar-refractivity contribution < 1.29 is 24.2 Å². The van der Waals surface area contributed by atoms with Gasteiger partial charge in [-0.2, -0.15) is 0 Å². The summed E-state index contributed by atoms with van der Waals surface area (Å²) in [5.74, 6) is -0.340. The van der Waals surface area contributed by atoms with Crippen LogP contribution in [-0.2, 0) is 14.3 Å². The molecule has 2 aromatic carbocycles. The monoisotopic (exact) mass is 476 g/mol. The number of nitrogens with one attached hydrogen (secondary N) is 1. The van der Waals surface area contributed by atoms with Crippen LogP contribution in [0.15, 0.2) is 48.5 Å². The molecule has 2 amide bonds. The van der Waals surface area contributed by atoms with E-state index in [0.717, 1.165) is 24.0 Å². The predicted octanol–water partition coefficient (Wildman–Crippen LogP) is 4.41. The SMILES string of the molecule is O=C(O)CC1CCN(C(=O)[C@H](CC2CC2)NC(=O)OCC2c3ccccc3-c3ccccc32)CC1. The van der Waals surface area contributed by atoms with Crippen LogP contribution in [0.2, 0.25) is 0 Å². The molecule has 7 heteroatoms. The maximum absolute atomic E-state index is 13.3. The van der Waals surface area contributed by atoms with Crippen molar-refractivity contribution in [3.8, 4) is 11.1 Å². The molecular formula is C28H32N2O5. The molecule has 35 heavy (non-hydrogen) atoms. The number of fused-ring (bicyclic) bond motifs is 3. The van der Waals surface area contributed by atoms with Crippen LogP contribution in [0.5, 0.6) is 0 Å². The van der Waals surface area contributed by atoms with Crippen LogP contribution < -0.4 is 5.32 Å². The van der Waals surface area contributed by atoms with Gasteiger partial charge in [0.05, 0.1) is 0 Å². The van der Waals surface area contributed by atoms with E-state index >= 15 is 0 Å². The molecule has 2 N–H and O–H groups in total. The Morgan fingerprint density at radius 2 is 1.51 bits per heavy atom. The molecule has 184 valence electrons. The van der Waals surface area contributed by atoms with Gasteiger partial charge in [0.25, 0.3) is 0 Å². The lowest BCUT2D eigenvalue weighted by Gasteiger charge is -2.34. The third kappa shape index (κ3) is 5.34. The largest absolute Gasteiger partial charge is 0.481 e. The minimum atomic E-state index is -0.793. The van der Waals surface area contributed by atoms with E-state index in [2.05, 4.69) is 29.6 Å². The lowest BCUT2D eigenvalue weighted by Crippen LogP contribution is -2.51. The van der Waals surface area contributed by atoms with Crippen molar-refractivity contribution in [2.75, 3.05) is 19.7 Å². The van der Waals surface area contributed by atoms with Crippen molar-refractivity contribution in [2.24, 2.45) is 11.8 Å². The van der Waals surface area contributed by atoms with E-state index in [4.69, 9.17) is 9.84 Å². The molecule has 0 unspecified atom stereocenters. The van der Waals surface area contributed by atoms with Crippen molar-refractivity contribution in [1.82, 2.24) is 10.2 Å². The number of benzene rings is 2. The molecule has 0 aromatic heterocycles. The van der Waals surface area contributed by atoms with Crippen molar-refractivity contribution >= 4 is 18.0 Å². The van der Waals surface area contributed by atoms with Crippen LogP contribution in [-0.4, -0.2) is 53.7 Å². The number of alkyl carbamates (subject to hydrolysis) is 1. The van der Waals surface area contributed by atoms with E-state index in [-0.39, 0.29) is 30.8 Å². The van der Waals surface area contributed by atoms with Gasteiger partial charge in [-0.25, -0.2) is 4.79 Å². The molecule has 5 rings (SSSR count). The fourth-order valence-electron chi connectivity index (χ4n) is 5.52. The summed E-state index contributed by atoms with van der Waals surface area (Å²) in [7, 11) is 0. The Morgan fingerprint density at radius 1 is 0.914 bits per heavy atom. The highest BCUT2D eigenvalue weighted by Crippen LogP contribution is 2.44. The number of carboxylic acid groups (broad SMARTS) is 1. The highest BCUT2D eigenvalue weighted by atomic mass is 16.5. The van der Waals surface area contributed by atoms with Gasteiger partial charge in [-0.1, -0.05) is 61.4 Å². The number of carbonyl (C=O) groups excluding carboxylic acids is 2. The first-order chi connectivity index (χ1) is 17.0. The smallest absolute Gasteiger partial charge is 0.407 e. The summed E-state index contributed by atoms with van der Waals surface area (Å²) in [6.45, 7) is 1.28. The highest BCUT2D eigenvalue weighted by molar-refractivity contribution is 5.86. The summed E-state index contributed by atoms with van der Waals surface area (Å²) in [5.41, 5.74) is 4.64. The van der Waals surface area contributed by atoms with E-state index in [1.807, 2.05) is 24.3 Å². The lowest BCUT2D eigenvalue weighted by atomic mass is 9.93. The summed E-state index contributed by atoms with van der Waals surface area (Å²) in [6, 6.07) is 15.8. The van der Waals surface area contributed by atoms with Crippen molar-refractivity contribution in [3.63, 3.8) is 0 Å². The molecule has 0 bridgehead atoms. The van der Waals surface area contributed by atoms with Gasteiger partial charge in [0.2, 0.25) is 5.91 Å². The molecule has 0 spiro atoms. The zero-order valence-corrected chi connectivity index (χ0v) is 19.8. The quantitative estimate of drug-likeness (QED) is 0.589. The van der Waals surface area contributed by atoms with E-state index < -0.39 is 18.1 Å². The van der Waals surface area contributed by atoms with Crippen LogP contribution >= 0.6 is 0 Å². The van der Waals surface area contributed by atoms with Gasteiger partial charge in [0, 0.05) is 25.4 Å². The van der Waals surface area contributed by atoms with E-state index in [0.29, 0.717) is 38.3 Å². The summed E-state index contributed by atoms with van der Waals surface area (Å²) >= 11 is 0. The average molecular weight is 477 g/mol. The van der Waals surface area contributed by atoms with Gasteiger partial charge >= 0.3 is 12.1 Å². The summed E-state index contributed by atoms with van der Waals surface area (Å²) in [5, 5.41) is 11.9. The first-order valence-electron chi connectivity index (χ1n) is 12.6. The molecule has 2 fully saturated rings. The maximum atomic E-state index is 13.3. The van der Waals surface area contributed by atoms with Crippen molar-refractivity contribution in [1.29, 1.82) is 0 Å². The third-order valence-corrected chi connectivity index (χ3v) is 7.59. The van der Waals surface area contributed by atoms with Gasteiger partial charge in [0.1, 0.15) is 12.6 Å². The van der Waals surface area contributed by atoms with E-state index in [1.165, 1.54) is 11.1 Å². The Balaban J connectivity index is 1.20. The van der Waals surface area contributed by atoms with Crippen molar-refractivity contribution in [3.05, 3.63) is 59.7 Å². The number of nitrogens with zero attached hydrogens (tertiary/aromatic N) is 1. The zero-order valence-electron chi connectivity index (χ0n) is 19.8. The first kappa shape index (κ1) is 23.4. The molecular weight excluding hydrogens is 444 g/mol. The number of hydrogen-bond donors (Lipinski definition) is 2. The number of carboxylic acids is 1. The maximum Gasteiger partial charge on any atom is 0.407 e. The van der Waals surface area contributed by atoms with Crippen LogP contribution in [0, 0.1) is 11.8 Å². The second-order valence-corrected chi connectivity index (χ2v) is 10.1. The van der Waals surface area contributed by atoms with Gasteiger partial charge in [0.15, 0.2) is 0 Å².